The summed E-state index contributed by atoms with van der Waals surface area (Å²) in [7, 11) is 6.16. The normalized spacial score (nSPS) is 11.4. The van der Waals surface area contributed by atoms with Gasteiger partial charge in [-0.1, -0.05) is 24.3 Å². The van der Waals surface area contributed by atoms with Crippen molar-refractivity contribution in [2.24, 2.45) is 0 Å². The van der Waals surface area contributed by atoms with Crippen LogP contribution in [0.15, 0.2) is 277 Å². The van der Waals surface area contributed by atoms with Crippen molar-refractivity contribution in [3.63, 3.8) is 0 Å². The number of nitrogens with one attached hydrogen (secondary N) is 4. The summed E-state index contributed by atoms with van der Waals surface area (Å²) in [6, 6.07) is 55.8. The van der Waals surface area contributed by atoms with Gasteiger partial charge in [0.15, 0.2) is 62.9 Å². The van der Waals surface area contributed by atoms with E-state index in [0.29, 0.717) is 108 Å². The summed E-state index contributed by atoms with van der Waals surface area (Å²) in [4.78, 5) is 106. The molecule has 0 unspecified atom stereocenters. The van der Waals surface area contributed by atoms with E-state index < -0.39 is 11.7 Å². The molecule has 4 aromatic carbocycles. The predicted octanol–water partition coefficient (Wildman–Crippen LogP) is 16.2. The Hall–Kier alpha value is -10.6. The fourth-order valence-electron chi connectivity index (χ4n) is 12.7. The molecule has 0 radical (unpaired) electrons. The molecule has 4 N–H and O–H groups in total. The fraction of sp³-hybridized carbons (Fsp3) is 0.0732. The van der Waals surface area contributed by atoms with E-state index in [0.717, 1.165) is 60.7 Å². The number of methoxy groups -OCH3 is 4. The standard InChI is InChI=1S/C22H16N4O3.C21H17N5O4.C21H15N5O2S.C18H13BrN4O2.I3.I2.HI/c1-28-18-6-3-11-26-21(18)25-20(19(22(26)27)17-7-4-12-29-17)24-15-8-9-16-14(13-15)5-2-10-23-16;1-29-16-5-3-9-26-19(16)24-18(17(20(26)27)25-10-11-30-21(25)28)23-14-6-7-15-13(12-14)4-2-8-22-15;1-28-16-5-3-10-26-19(16)25-18(17(21(26)27)20-23-9-11-29-20)24-14-6-7-15-13(12-14)4-2-8-22-15;1-25-14-5-3-9-23-17(14)22-16(15(19)18(23)24)21-12-6-7-13-11(10-12)4-2-8-20-13;1-3-2;1-2;/h2-13,24H,1H3;2-9,12,23H,10-11H2,1H3;2-12,24H,1H3;2-10,21H,1H3;;;1H/q;;;;-1;;. The monoisotopic (exact) mass is 2350 g/mol. The number of hydrogen-bond acceptors (Lipinski definition) is 25. The number of nitrogens with zero attached hydrogens (tertiary/aromatic N) is 14. The van der Waals surface area contributed by atoms with Crippen LogP contribution >= 0.6 is 126 Å². The summed E-state index contributed by atoms with van der Waals surface area (Å²) in [5, 5.41) is 19.3. The number of hydrogen-bond donors (Lipinski definition) is 4. The number of carbonyl (C=O) groups is 1. The van der Waals surface area contributed by atoms with Gasteiger partial charge >= 0.3 is 56.6 Å². The molecule has 1 aliphatic rings. The van der Waals surface area contributed by atoms with E-state index in [1.165, 1.54) is 47.2 Å². The number of halogens is 7. The Morgan fingerprint density at radius 3 is 1.18 bits per heavy atom. The summed E-state index contributed by atoms with van der Waals surface area (Å²) in [5.41, 5.74) is 8.06. The Morgan fingerprint density at radius 2 is 0.807 bits per heavy atom. The molecule has 0 atom stereocenters. The van der Waals surface area contributed by atoms with E-state index in [1.807, 2.05) is 127 Å². The van der Waals surface area contributed by atoms with Crippen molar-refractivity contribution in [3.8, 4) is 44.9 Å². The number of thiazole rings is 1. The van der Waals surface area contributed by atoms with E-state index in [2.05, 4.69) is 152 Å². The van der Waals surface area contributed by atoms with Gasteiger partial charge in [-0.15, -0.1) is 35.3 Å². The molecule has 1 amide bonds. The van der Waals surface area contributed by atoms with Crippen LogP contribution in [-0.2, 0) is 4.74 Å². The first-order chi connectivity index (χ1) is 57.7. The molecule has 15 heterocycles. The summed E-state index contributed by atoms with van der Waals surface area (Å²) in [6.45, 7) is 0.474. The van der Waals surface area contributed by atoms with Gasteiger partial charge in [0.25, 0.3) is 22.2 Å². The third-order valence-corrected chi connectivity index (χ3v) is 19.5. The number of fused-ring (bicyclic) bond motifs is 8. The number of cyclic esters (lactones) is 1. The van der Waals surface area contributed by atoms with E-state index >= 15 is 0 Å². The number of carbonyl (C=O) groups excluding carboxylic acids is 1. The van der Waals surface area contributed by atoms with Gasteiger partial charge in [-0.05, 0) is 174 Å². The molecule has 0 spiro atoms. The third kappa shape index (κ3) is 19.2. The summed E-state index contributed by atoms with van der Waals surface area (Å²) in [6.07, 6.45) is 16.2. The zero-order chi connectivity index (χ0) is 82.3. The zero-order valence-corrected chi connectivity index (χ0v) is 77.9. The predicted molar refractivity (Wildman–Crippen MR) is 509 cm³/mol. The van der Waals surface area contributed by atoms with Crippen LogP contribution in [0.4, 0.5) is 56.5 Å². The van der Waals surface area contributed by atoms with Crippen molar-refractivity contribution in [1.82, 2.24) is 62.5 Å². The topological polar surface area (TPSA) is 330 Å². The van der Waals surface area contributed by atoms with Crippen LogP contribution < -0.4 is 80.6 Å². The van der Waals surface area contributed by atoms with Crippen LogP contribution in [0.2, 0.25) is 0 Å². The Balaban J connectivity index is 0.000000135. The number of benzene rings is 4. The zero-order valence-electron chi connectivity index (χ0n) is 62.4. The molecule has 18 aromatic rings. The molecular formula is C82H62BrI6N18O11S-. The number of ether oxygens (including phenoxy) is 5. The van der Waals surface area contributed by atoms with Crippen LogP contribution in [0.1, 0.15) is 0 Å². The molecule has 1 saturated heterocycles. The van der Waals surface area contributed by atoms with Crippen molar-refractivity contribution in [2.45, 2.75) is 0 Å². The van der Waals surface area contributed by atoms with Crippen LogP contribution in [0.3, 0.4) is 0 Å². The summed E-state index contributed by atoms with van der Waals surface area (Å²) < 4.78 is 38.1. The Morgan fingerprint density at radius 1 is 0.437 bits per heavy atom. The summed E-state index contributed by atoms with van der Waals surface area (Å²) in [5.74, 6) is 3.90. The van der Waals surface area contributed by atoms with Gasteiger partial charge in [0.1, 0.15) is 44.6 Å². The maximum atomic E-state index is 13.3. The number of rotatable bonds is 15. The number of pyridine rings is 8. The van der Waals surface area contributed by atoms with E-state index in [9.17, 15) is 24.0 Å². The van der Waals surface area contributed by atoms with E-state index in [1.54, 1.807) is 138 Å². The first kappa shape index (κ1) is 86.3. The number of aromatic nitrogens is 13. The van der Waals surface area contributed by atoms with Gasteiger partial charge in [0, 0.05) is 143 Å². The molecule has 119 heavy (non-hydrogen) atoms. The Bertz CT molecular complexity index is 6790. The van der Waals surface area contributed by atoms with Gasteiger partial charge in [-0.2, -0.15) is 0 Å². The number of amides is 1. The van der Waals surface area contributed by atoms with Gasteiger partial charge in [0.05, 0.1) is 63.3 Å². The SMILES string of the molecule is COc1cccn2c(=O)c(-c3ccco3)c(Nc3ccc4ncccc4c3)nc12.COc1cccn2c(=O)c(-c3nccs3)c(Nc3ccc4ncccc4c3)nc12.COc1cccn2c(=O)c(Br)c(Nc3ccc4ncccc4c3)nc12.COc1cccn2c(=O)c(N3CCOC3=O)c(Nc3ccc4ncccc4c3)nc12.I.II.I[I-]I. The van der Waals surface area contributed by atoms with Gasteiger partial charge in [0.2, 0.25) is 0 Å². The molecule has 14 aromatic heterocycles. The van der Waals surface area contributed by atoms with E-state index in [-0.39, 0.29) is 65.3 Å². The molecule has 0 bridgehead atoms. The third-order valence-electron chi connectivity index (χ3n) is 18.0. The second-order valence-corrected chi connectivity index (χ2v) is 42.8. The molecule has 19 rings (SSSR count). The average Bonchev–Trinajstić information content (AvgIpc) is 1.55. The van der Waals surface area contributed by atoms with Crippen LogP contribution in [-0.4, -0.2) is 110 Å². The van der Waals surface area contributed by atoms with Crippen molar-refractivity contribution in [2.75, 3.05) is 67.8 Å². The second-order valence-electron chi connectivity index (χ2n) is 24.8. The van der Waals surface area contributed by atoms with Crippen molar-refractivity contribution >= 4 is 250 Å². The van der Waals surface area contributed by atoms with E-state index in [4.69, 9.17) is 33.1 Å². The molecule has 0 aliphatic carbocycles. The van der Waals surface area contributed by atoms with Crippen LogP contribution in [0.5, 0.6) is 23.0 Å². The Kier molecular flexibility index (Phi) is 29.3. The Labute approximate surface area is 757 Å². The van der Waals surface area contributed by atoms with Crippen LogP contribution in [0, 0.1) is 0 Å². The average molecular weight is 2350 g/mol. The molecule has 29 nitrogen and oxygen atoms in total. The van der Waals surface area contributed by atoms with Crippen molar-refractivity contribution in [3.05, 3.63) is 295 Å². The molecule has 37 heteroatoms. The van der Waals surface area contributed by atoms with Crippen molar-refractivity contribution in [1.29, 1.82) is 0 Å². The molecule has 602 valence electrons. The minimum atomic E-state index is -0.581. The molecular weight excluding hydrogens is 2290 g/mol. The van der Waals surface area contributed by atoms with Gasteiger partial charge < -0.3 is 49.4 Å². The molecule has 1 fully saturated rings. The quantitative estimate of drug-likeness (QED) is 0.0693. The summed E-state index contributed by atoms with van der Waals surface area (Å²) >= 11 is 14.3. The van der Waals surface area contributed by atoms with Crippen LogP contribution in [0.25, 0.3) is 88.1 Å². The number of furan rings is 1. The molecule has 0 saturated carbocycles. The first-order valence-corrected chi connectivity index (χ1v) is 55.7. The van der Waals surface area contributed by atoms with Gasteiger partial charge in [-0.3, -0.25) is 61.6 Å². The minimum absolute atomic E-state index is 0. The number of anilines is 9. The molecule has 1 aliphatic heterocycles. The van der Waals surface area contributed by atoms with Gasteiger partial charge in [-0.25, -0.2) is 29.7 Å². The fourth-order valence-corrected chi connectivity index (χ4v) is 13.7. The maximum absolute atomic E-state index is 13.3. The first-order valence-electron chi connectivity index (χ1n) is 35.1. The van der Waals surface area contributed by atoms with Crippen molar-refractivity contribution < 1.29 is 46.2 Å². The second kappa shape index (κ2) is 40.4.